The van der Waals surface area contributed by atoms with Crippen LogP contribution in [-0.2, 0) is 6.54 Å². The minimum absolute atomic E-state index is 0.0994. The molecule has 1 fully saturated rings. The second-order valence-electron chi connectivity index (χ2n) is 5.75. The second kappa shape index (κ2) is 7.94. The molecule has 0 spiro atoms. The highest BCUT2D eigenvalue weighted by molar-refractivity contribution is 9.10. The first-order chi connectivity index (χ1) is 10.1. The Hall–Kier alpha value is -0.880. The first-order valence-corrected chi connectivity index (χ1v) is 8.60. The summed E-state index contributed by atoms with van der Waals surface area (Å²) in [5, 5.41) is 17.4. The molecule has 5 nitrogen and oxygen atoms in total. The highest BCUT2D eigenvalue weighted by Crippen LogP contribution is 2.25. The average Bonchev–Trinajstić information content (AvgIpc) is 2.49. The lowest BCUT2D eigenvalue weighted by Gasteiger charge is -2.28. The minimum Gasteiger partial charge on any atom is -0.393 e. The number of aryl methyl sites for hydroxylation is 1. The number of aliphatic hydroxyl groups is 1. The zero-order chi connectivity index (χ0) is 15.2. The largest absolute Gasteiger partial charge is 0.393 e. The molecule has 0 saturated heterocycles. The molecule has 1 aromatic heterocycles. The minimum atomic E-state index is -0.233. The first kappa shape index (κ1) is 16.5. The van der Waals surface area contributed by atoms with Crippen molar-refractivity contribution in [3.8, 4) is 0 Å². The van der Waals surface area contributed by atoms with Crippen molar-refractivity contribution in [3.05, 3.63) is 21.0 Å². The van der Waals surface area contributed by atoms with Crippen molar-refractivity contribution in [2.75, 3.05) is 11.9 Å². The highest BCUT2D eigenvalue weighted by Gasteiger charge is 2.23. The molecule has 1 aliphatic rings. The van der Waals surface area contributed by atoms with Gasteiger partial charge in [-0.2, -0.15) is 5.10 Å². The molecule has 1 heterocycles. The number of rotatable bonds is 6. The lowest BCUT2D eigenvalue weighted by Crippen LogP contribution is -2.31. The van der Waals surface area contributed by atoms with Crippen molar-refractivity contribution in [1.82, 2.24) is 9.78 Å². The Morgan fingerprint density at radius 1 is 1.48 bits per heavy atom. The molecule has 6 heteroatoms. The van der Waals surface area contributed by atoms with Crippen molar-refractivity contribution in [1.29, 1.82) is 0 Å². The van der Waals surface area contributed by atoms with E-state index in [0.717, 1.165) is 32.1 Å². The lowest BCUT2D eigenvalue weighted by atomic mass is 9.86. The van der Waals surface area contributed by atoms with Gasteiger partial charge in [-0.3, -0.25) is 4.79 Å². The summed E-state index contributed by atoms with van der Waals surface area (Å²) in [4.78, 5) is 12.2. The van der Waals surface area contributed by atoms with E-state index in [1.807, 2.05) is 0 Å². The molecule has 1 aromatic rings. The van der Waals surface area contributed by atoms with Crippen LogP contribution in [0.4, 0.5) is 5.69 Å². The number of hydrogen-bond acceptors (Lipinski definition) is 4. The Bertz CT molecular complexity index is 518. The fourth-order valence-corrected chi connectivity index (χ4v) is 3.17. The summed E-state index contributed by atoms with van der Waals surface area (Å²) in [5.41, 5.74) is 0.614. The molecule has 0 aliphatic heterocycles. The van der Waals surface area contributed by atoms with E-state index in [9.17, 15) is 9.90 Å². The van der Waals surface area contributed by atoms with Crippen molar-refractivity contribution in [3.63, 3.8) is 0 Å². The third kappa shape index (κ3) is 4.30. The fraction of sp³-hybridized carbons (Fsp3) is 0.733. The number of hydrogen-bond donors (Lipinski definition) is 2. The summed E-state index contributed by atoms with van der Waals surface area (Å²) < 4.78 is 2.02. The van der Waals surface area contributed by atoms with Gasteiger partial charge in [0.25, 0.3) is 5.56 Å². The Kier molecular flexibility index (Phi) is 6.23. The van der Waals surface area contributed by atoms with Gasteiger partial charge < -0.3 is 10.4 Å². The van der Waals surface area contributed by atoms with Crippen molar-refractivity contribution in [2.24, 2.45) is 5.92 Å². The van der Waals surface area contributed by atoms with Crippen LogP contribution in [0.25, 0.3) is 0 Å². The summed E-state index contributed by atoms with van der Waals surface area (Å²) >= 11 is 3.36. The molecule has 2 rings (SSSR count). The van der Waals surface area contributed by atoms with Gasteiger partial charge >= 0.3 is 0 Å². The Morgan fingerprint density at radius 3 is 2.95 bits per heavy atom. The van der Waals surface area contributed by atoms with E-state index in [4.69, 9.17) is 0 Å². The van der Waals surface area contributed by atoms with Crippen molar-refractivity contribution < 1.29 is 5.11 Å². The molecule has 0 radical (unpaired) electrons. The van der Waals surface area contributed by atoms with Crippen LogP contribution < -0.4 is 10.9 Å². The maximum atomic E-state index is 12.2. The van der Waals surface area contributed by atoms with Crippen LogP contribution in [-0.4, -0.2) is 27.5 Å². The third-order valence-electron chi connectivity index (χ3n) is 4.13. The van der Waals surface area contributed by atoms with E-state index in [1.54, 1.807) is 6.20 Å². The molecule has 0 amide bonds. The summed E-state index contributed by atoms with van der Waals surface area (Å²) in [5.74, 6) is 0.258. The molecule has 2 atom stereocenters. The van der Waals surface area contributed by atoms with E-state index in [2.05, 4.69) is 33.3 Å². The summed E-state index contributed by atoms with van der Waals surface area (Å²) in [6.45, 7) is 3.42. The number of nitrogens with zero attached hydrogens (tertiary/aromatic N) is 2. The van der Waals surface area contributed by atoms with Crippen LogP contribution in [0.3, 0.4) is 0 Å². The van der Waals surface area contributed by atoms with Gasteiger partial charge in [0, 0.05) is 19.0 Å². The van der Waals surface area contributed by atoms with Crippen LogP contribution in [0.2, 0.25) is 0 Å². The number of aromatic nitrogens is 2. The molecule has 118 valence electrons. The fourth-order valence-electron chi connectivity index (χ4n) is 2.72. The monoisotopic (exact) mass is 357 g/mol. The summed E-state index contributed by atoms with van der Waals surface area (Å²) in [6.07, 6.45) is 7.62. The van der Waals surface area contributed by atoms with Crippen LogP contribution in [0.1, 0.15) is 45.4 Å². The molecule has 0 bridgehead atoms. The number of unbranched alkanes of at least 4 members (excludes halogenated alkanes) is 1. The van der Waals surface area contributed by atoms with Crippen LogP contribution in [0, 0.1) is 5.92 Å². The van der Waals surface area contributed by atoms with Gasteiger partial charge in [-0.25, -0.2) is 4.68 Å². The third-order valence-corrected chi connectivity index (χ3v) is 4.90. The topological polar surface area (TPSA) is 67.2 Å². The SMILES string of the molecule is CCCCn1ncc(NCC2CCCCC2O)c(Br)c1=O. The molecule has 0 aromatic carbocycles. The molecule has 1 saturated carbocycles. The predicted octanol–water partition coefficient (Wildman–Crippen LogP) is 2.77. The standard InChI is InChI=1S/C15H24BrN3O2/c1-2-3-8-19-15(21)14(16)12(10-18-19)17-9-11-6-4-5-7-13(11)20/h10-11,13,17,20H,2-9H2,1H3. The van der Waals surface area contributed by atoms with Crippen molar-refractivity contribution >= 4 is 21.6 Å². The zero-order valence-corrected chi connectivity index (χ0v) is 14.1. The van der Waals surface area contributed by atoms with E-state index in [-0.39, 0.29) is 17.6 Å². The van der Waals surface area contributed by atoms with Gasteiger partial charge in [0.2, 0.25) is 0 Å². The smallest absolute Gasteiger partial charge is 0.283 e. The van der Waals surface area contributed by atoms with Gasteiger partial charge in [0.15, 0.2) is 0 Å². The zero-order valence-electron chi connectivity index (χ0n) is 12.5. The van der Waals surface area contributed by atoms with Gasteiger partial charge in [0.05, 0.1) is 18.0 Å². The molecular weight excluding hydrogens is 334 g/mol. The van der Waals surface area contributed by atoms with E-state index in [0.29, 0.717) is 23.2 Å². The molecule has 1 aliphatic carbocycles. The van der Waals surface area contributed by atoms with Crippen LogP contribution in [0.5, 0.6) is 0 Å². The van der Waals surface area contributed by atoms with Crippen molar-refractivity contribution in [2.45, 2.75) is 58.1 Å². The first-order valence-electron chi connectivity index (χ1n) is 7.81. The van der Waals surface area contributed by atoms with E-state index in [1.165, 1.54) is 11.1 Å². The lowest BCUT2D eigenvalue weighted by molar-refractivity contribution is 0.0763. The maximum Gasteiger partial charge on any atom is 0.283 e. The molecule has 2 unspecified atom stereocenters. The van der Waals surface area contributed by atoms with Crippen LogP contribution in [0.15, 0.2) is 15.5 Å². The number of nitrogens with one attached hydrogen (secondary N) is 1. The number of aliphatic hydroxyl groups excluding tert-OH is 1. The van der Waals surface area contributed by atoms with Gasteiger partial charge in [0.1, 0.15) is 4.47 Å². The second-order valence-corrected chi connectivity index (χ2v) is 6.54. The number of anilines is 1. The van der Waals surface area contributed by atoms with E-state index < -0.39 is 0 Å². The predicted molar refractivity (Wildman–Crippen MR) is 87.6 cm³/mol. The Balaban J connectivity index is 2.00. The Morgan fingerprint density at radius 2 is 2.24 bits per heavy atom. The number of halogens is 1. The normalized spacial score (nSPS) is 22.2. The molecule has 2 N–H and O–H groups in total. The van der Waals surface area contributed by atoms with E-state index >= 15 is 0 Å². The highest BCUT2D eigenvalue weighted by atomic mass is 79.9. The Labute approximate surface area is 133 Å². The quantitative estimate of drug-likeness (QED) is 0.821. The van der Waals surface area contributed by atoms with Gasteiger partial charge in [-0.05, 0) is 35.2 Å². The summed E-state index contributed by atoms with van der Waals surface area (Å²) in [6, 6.07) is 0. The summed E-state index contributed by atoms with van der Waals surface area (Å²) in [7, 11) is 0. The average molecular weight is 358 g/mol. The molecule has 21 heavy (non-hydrogen) atoms. The molecular formula is C15H24BrN3O2. The van der Waals surface area contributed by atoms with Crippen LogP contribution >= 0.6 is 15.9 Å². The van der Waals surface area contributed by atoms with Gasteiger partial charge in [-0.15, -0.1) is 0 Å². The van der Waals surface area contributed by atoms with Gasteiger partial charge in [-0.1, -0.05) is 26.2 Å². The maximum absolute atomic E-state index is 12.2.